The minimum absolute atomic E-state index is 0.254. The molecule has 2 aromatic carbocycles. The summed E-state index contributed by atoms with van der Waals surface area (Å²) >= 11 is 9.35. The number of amides is 2. The second-order valence-corrected chi connectivity index (χ2v) is 5.56. The number of rotatable bonds is 4. The lowest BCUT2D eigenvalue weighted by Gasteiger charge is -2.09. The molecule has 0 spiro atoms. The maximum atomic E-state index is 11.7. The summed E-state index contributed by atoms with van der Waals surface area (Å²) in [5.41, 5.74) is 1.78. The third kappa shape index (κ3) is 4.54. The van der Waals surface area contributed by atoms with Crippen molar-refractivity contribution in [3.63, 3.8) is 0 Å². The molecule has 0 aliphatic carbocycles. The molecule has 2 N–H and O–H groups in total. The van der Waals surface area contributed by atoms with Gasteiger partial charge in [0.1, 0.15) is 0 Å². The largest absolute Gasteiger partial charge is 0.338 e. The monoisotopic (exact) mass is 352 g/mol. The van der Waals surface area contributed by atoms with Crippen molar-refractivity contribution in [2.45, 2.75) is 6.42 Å². The van der Waals surface area contributed by atoms with Crippen molar-refractivity contribution in [1.82, 2.24) is 5.32 Å². The Morgan fingerprint density at radius 3 is 2.50 bits per heavy atom. The van der Waals surface area contributed by atoms with E-state index in [4.69, 9.17) is 11.6 Å². The lowest BCUT2D eigenvalue weighted by atomic mass is 10.1. The van der Waals surface area contributed by atoms with Crippen molar-refractivity contribution < 1.29 is 4.79 Å². The summed E-state index contributed by atoms with van der Waals surface area (Å²) in [6.45, 7) is 0.567. The van der Waals surface area contributed by atoms with E-state index >= 15 is 0 Å². The van der Waals surface area contributed by atoms with Crippen LogP contribution in [0.2, 0.25) is 5.02 Å². The summed E-state index contributed by atoms with van der Waals surface area (Å²) in [5.74, 6) is 0. The Hall–Kier alpha value is -1.52. The highest BCUT2D eigenvalue weighted by atomic mass is 79.9. The number of hydrogen-bond acceptors (Lipinski definition) is 1. The molecular formula is C15H14BrClN2O. The highest BCUT2D eigenvalue weighted by Gasteiger charge is 2.04. The number of carbonyl (C=O) groups is 1. The van der Waals surface area contributed by atoms with Gasteiger partial charge in [0.05, 0.1) is 10.7 Å². The van der Waals surface area contributed by atoms with E-state index in [2.05, 4.69) is 26.6 Å². The standard InChI is InChI=1S/C15H14BrClN2O/c16-12-7-5-11(6-8-12)9-10-18-15(20)19-14-4-2-1-3-13(14)17/h1-8H,9-10H2,(H2,18,19,20). The average molecular weight is 354 g/mol. The number of urea groups is 1. The Morgan fingerprint density at radius 2 is 1.80 bits per heavy atom. The van der Waals surface area contributed by atoms with Gasteiger partial charge in [0.15, 0.2) is 0 Å². The first-order valence-corrected chi connectivity index (χ1v) is 7.36. The summed E-state index contributed by atoms with van der Waals surface area (Å²) in [7, 11) is 0. The number of hydrogen-bond donors (Lipinski definition) is 2. The zero-order valence-electron chi connectivity index (χ0n) is 10.7. The van der Waals surface area contributed by atoms with Gasteiger partial charge < -0.3 is 10.6 Å². The first kappa shape index (κ1) is 14.9. The maximum Gasteiger partial charge on any atom is 0.319 e. The van der Waals surface area contributed by atoms with E-state index < -0.39 is 0 Å². The Balaban J connectivity index is 1.78. The number of carbonyl (C=O) groups excluding carboxylic acids is 1. The van der Waals surface area contributed by atoms with Gasteiger partial charge in [-0.2, -0.15) is 0 Å². The quantitative estimate of drug-likeness (QED) is 0.837. The number of benzene rings is 2. The number of anilines is 1. The van der Waals surface area contributed by atoms with Crippen LogP contribution in [-0.2, 0) is 6.42 Å². The second-order valence-electron chi connectivity index (χ2n) is 4.24. The van der Waals surface area contributed by atoms with Gasteiger partial charge in [-0.25, -0.2) is 4.79 Å². The fourth-order valence-electron chi connectivity index (χ4n) is 1.70. The average Bonchev–Trinajstić information content (AvgIpc) is 2.44. The van der Waals surface area contributed by atoms with Crippen molar-refractivity contribution in [3.8, 4) is 0 Å². The molecule has 2 rings (SSSR count). The molecule has 0 aliphatic rings. The van der Waals surface area contributed by atoms with Crippen LogP contribution in [0.15, 0.2) is 53.0 Å². The van der Waals surface area contributed by atoms with E-state index in [9.17, 15) is 4.79 Å². The molecule has 0 aliphatic heterocycles. The fraction of sp³-hybridized carbons (Fsp3) is 0.133. The molecule has 5 heteroatoms. The summed E-state index contributed by atoms with van der Waals surface area (Å²) in [4.78, 5) is 11.7. The zero-order valence-corrected chi connectivity index (χ0v) is 13.0. The lowest BCUT2D eigenvalue weighted by molar-refractivity contribution is 0.252. The van der Waals surface area contributed by atoms with Gasteiger partial charge in [0, 0.05) is 11.0 Å². The smallest absolute Gasteiger partial charge is 0.319 e. The van der Waals surface area contributed by atoms with Crippen LogP contribution in [0.5, 0.6) is 0 Å². The predicted molar refractivity (Wildman–Crippen MR) is 86.3 cm³/mol. The van der Waals surface area contributed by atoms with Crippen LogP contribution in [0.1, 0.15) is 5.56 Å². The molecule has 2 aromatic rings. The van der Waals surface area contributed by atoms with E-state index in [0.717, 1.165) is 10.9 Å². The minimum Gasteiger partial charge on any atom is -0.338 e. The zero-order chi connectivity index (χ0) is 14.4. The Labute approximate surface area is 131 Å². The molecule has 104 valence electrons. The third-order valence-corrected chi connectivity index (χ3v) is 3.59. The van der Waals surface area contributed by atoms with Crippen LogP contribution < -0.4 is 10.6 Å². The maximum absolute atomic E-state index is 11.7. The fourth-order valence-corrected chi connectivity index (χ4v) is 2.15. The summed E-state index contributed by atoms with van der Waals surface area (Å²) < 4.78 is 1.05. The topological polar surface area (TPSA) is 41.1 Å². The summed E-state index contributed by atoms with van der Waals surface area (Å²) in [6, 6.07) is 14.9. The second kappa shape index (κ2) is 7.31. The molecule has 0 unspecified atom stereocenters. The van der Waals surface area contributed by atoms with Crippen molar-refractivity contribution in [2.24, 2.45) is 0 Å². The van der Waals surface area contributed by atoms with E-state index in [-0.39, 0.29) is 6.03 Å². The molecule has 0 saturated heterocycles. The molecule has 0 fully saturated rings. The van der Waals surface area contributed by atoms with Crippen molar-refractivity contribution in [1.29, 1.82) is 0 Å². The molecule has 0 atom stereocenters. The first-order chi connectivity index (χ1) is 9.65. The predicted octanol–water partition coefficient (Wildman–Crippen LogP) is 4.47. The van der Waals surface area contributed by atoms with E-state index in [1.807, 2.05) is 36.4 Å². The van der Waals surface area contributed by atoms with Gasteiger partial charge in [-0.1, -0.05) is 51.8 Å². The van der Waals surface area contributed by atoms with Crippen LogP contribution in [0, 0.1) is 0 Å². The van der Waals surface area contributed by atoms with Crippen LogP contribution >= 0.6 is 27.5 Å². The molecule has 2 amide bonds. The van der Waals surface area contributed by atoms with Gasteiger partial charge in [0.25, 0.3) is 0 Å². The molecule has 20 heavy (non-hydrogen) atoms. The van der Waals surface area contributed by atoms with Crippen LogP contribution in [0.4, 0.5) is 10.5 Å². The number of para-hydroxylation sites is 1. The normalized spacial score (nSPS) is 10.1. The Kier molecular flexibility index (Phi) is 5.44. The van der Waals surface area contributed by atoms with Gasteiger partial charge in [-0.05, 0) is 36.2 Å². The molecule has 0 heterocycles. The number of halogens is 2. The van der Waals surface area contributed by atoms with Crippen molar-refractivity contribution in [3.05, 3.63) is 63.6 Å². The van der Waals surface area contributed by atoms with E-state index in [1.165, 1.54) is 5.56 Å². The highest BCUT2D eigenvalue weighted by Crippen LogP contribution is 2.20. The lowest BCUT2D eigenvalue weighted by Crippen LogP contribution is -2.30. The molecule has 0 bridgehead atoms. The van der Waals surface area contributed by atoms with Crippen molar-refractivity contribution >= 4 is 39.2 Å². The van der Waals surface area contributed by atoms with Crippen LogP contribution in [0.3, 0.4) is 0 Å². The van der Waals surface area contributed by atoms with E-state index in [0.29, 0.717) is 17.3 Å². The molecular weight excluding hydrogens is 340 g/mol. The van der Waals surface area contributed by atoms with Gasteiger partial charge in [0.2, 0.25) is 0 Å². The van der Waals surface area contributed by atoms with Crippen LogP contribution in [-0.4, -0.2) is 12.6 Å². The van der Waals surface area contributed by atoms with Gasteiger partial charge >= 0.3 is 6.03 Å². The summed E-state index contributed by atoms with van der Waals surface area (Å²) in [5, 5.41) is 6.04. The molecule has 3 nitrogen and oxygen atoms in total. The Morgan fingerprint density at radius 1 is 1.10 bits per heavy atom. The minimum atomic E-state index is -0.254. The summed E-state index contributed by atoms with van der Waals surface area (Å²) in [6.07, 6.45) is 0.781. The Bertz CT molecular complexity index is 587. The molecule has 0 radical (unpaired) electrons. The van der Waals surface area contributed by atoms with E-state index in [1.54, 1.807) is 12.1 Å². The highest BCUT2D eigenvalue weighted by molar-refractivity contribution is 9.10. The first-order valence-electron chi connectivity index (χ1n) is 6.19. The van der Waals surface area contributed by atoms with Crippen LogP contribution in [0.25, 0.3) is 0 Å². The van der Waals surface area contributed by atoms with Gasteiger partial charge in [-0.3, -0.25) is 0 Å². The van der Waals surface area contributed by atoms with Gasteiger partial charge in [-0.15, -0.1) is 0 Å². The van der Waals surface area contributed by atoms with Crippen molar-refractivity contribution in [2.75, 3.05) is 11.9 Å². The number of nitrogens with one attached hydrogen (secondary N) is 2. The molecule has 0 aromatic heterocycles. The SMILES string of the molecule is O=C(NCCc1ccc(Br)cc1)Nc1ccccc1Cl. The third-order valence-electron chi connectivity index (χ3n) is 2.73. The molecule has 0 saturated carbocycles.